The number of oxime groups is 1. The Morgan fingerprint density at radius 3 is 2.96 bits per heavy atom. The van der Waals surface area contributed by atoms with Crippen LogP contribution in [-0.2, 0) is 19.2 Å². The Hall–Kier alpha value is -2.57. The molecule has 2 atom stereocenters. The molecule has 1 aromatic heterocycles. The van der Waals surface area contributed by atoms with Crippen LogP contribution in [0, 0.1) is 0 Å². The molecule has 13 heteroatoms. The monoisotopic (exact) mass is 443 g/mol. The van der Waals surface area contributed by atoms with Crippen molar-refractivity contribution < 1.29 is 24.3 Å². The lowest BCUT2D eigenvalue weighted by molar-refractivity contribution is -0.143. The minimum atomic E-state index is -1.28. The number of nitrogen functional groups attached to an aromatic ring is 1. The van der Waals surface area contributed by atoms with E-state index < -0.39 is 24.5 Å². The van der Waals surface area contributed by atoms with Gasteiger partial charge in [-0.15, -0.1) is 11.8 Å². The largest absolute Gasteiger partial charge is 0.479 e. The van der Waals surface area contributed by atoms with E-state index in [1.807, 2.05) is 0 Å². The van der Waals surface area contributed by atoms with Crippen molar-refractivity contribution in [1.29, 1.82) is 0 Å². The molecule has 0 saturated carbocycles. The number of thioether (sulfide) groups is 1. The predicted octanol–water partition coefficient (Wildman–Crippen LogP) is 0.654. The second kappa shape index (κ2) is 8.20. The van der Waals surface area contributed by atoms with Crippen LogP contribution in [-0.4, -0.2) is 62.3 Å². The molecule has 1 aromatic rings. The quantitative estimate of drug-likeness (QED) is 0.316. The van der Waals surface area contributed by atoms with E-state index in [1.165, 1.54) is 16.7 Å². The zero-order chi connectivity index (χ0) is 20.4. The Kier molecular flexibility index (Phi) is 5.91. The van der Waals surface area contributed by atoms with Crippen LogP contribution in [0.3, 0.4) is 0 Å². The number of amides is 2. The first kappa shape index (κ1) is 20.2. The molecule has 148 valence electrons. The van der Waals surface area contributed by atoms with E-state index in [-0.39, 0.29) is 32.2 Å². The van der Waals surface area contributed by atoms with Gasteiger partial charge in [0.1, 0.15) is 21.4 Å². The number of nitrogens with zero attached hydrogens (tertiary/aromatic N) is 3. The van der Waals surface area contributed by atoms with Gasteiger partial charge in [0.15, 0.2) is 10.8 Å². The van der Waals surface area contributed by atoms with Crippen molar-refractivity contribution in [3.8, 4) is 0 Å². The normalized spacial score (nSPS) is 21.3. The minimum Gasteiger partial charge on any atom is -0.479 e. The van der Waals surface area contributed by atoms with Crippen LogP contribution in [0.15, 0.2) is 29.6 Å². The van der Waals surface area contributed by atoms with Gasteiger partial charge in [-0.3, -0.25) is 9.59 Å². The van der Waals surface area contributed by atoms with Crippen LogP contribution in [0.2, 0.25) is 4.34 Å². The van der Waals surface area contributed by atoms with Gasteiger partial charge >= 0.3 is 5.97 Å². The van der Waals surface area contributed by atoms with E-state index in [4.69, 9.17) is 22.4 Å². The van der Waals surface area contributed by atoms with Gasteiger partial charge in [0.25, 0.3) is 11.8 Å². The fraction of sp³-hybridized carbons (Fsp3) is 0.267. The average Bonchev–Trinajstić information content (AvgIpc) is 2.99. The predicted molar refractivity (Wildman–Crippen MR) is 105 cm³/mol. The number of carbonyl (C=O) groups excluding carboxylic acids is 2. The van der Waals surface area contributed by atoms with Crippen LogP contribution < -0.4 is 11.1 Å². The summed E-state index contributed by atoms with van der Waals surface area (Å²) in [6.45, 7) is 2.91. The number of thiazole rings is 1. The maximum atomic E-state index is 12.7. The molecule has 2 aliphatic heterocycles. The third kappa shape index (κ3) is 3.98. The van der Waals surface area contributed by atoms with Crippen LogP contribution >= 0.6 is 34.7 Å². The topological polar surface area (TPSA) is 147 Å². The van der Waals surface area contributed by atoms with Crippen molar-refractivity contribution >= 4 is 63.3 Å². The summed E-state index contributed by atoms with van der Waals surface area (Å²) in [4.78, 5) is 45.8. The summed E-state index contributed by atoms with van der Waals surface area (Å²) in [5.74, 6) is -1.70. The highest BCUT2D eigenvalue weighted by Crippen LogP contribution is 2.36. The van der Waals surface area contributed by atoms with E-state index >= 15 is 0 Å². The Balaban J connectivity index is 1.78. The zero-order valence-corrected chi connectivity index (χ0v) is 16.5. The Morgan fingerprint density at radius 2 is 2.36 bits per heavy atom. The fourth-order valence-corrected chi connectivity index (χ4v) is 4.65. The van der Waals surface area contributed by atoms with E-state index in [1.54, 1.807) is 12.3 Å². The van der Waals surface area contributed by atoms with Crippen molar-refractivity contribution in [2.45, 2.75) is 11.4 Å². The van der Waals surface area contributed by atoms with Gasteiger partial charge < -0.3 is 25.9 Å². The summed E-state index contributed by atoms with van der Waals surface area (Å²) in [5, 5.41) is 14.6. The third-order valence-corrected chi connectivity index (χ3v) is 6.16. The average molecular weight is 444 g/mol. The molecule has 1 saturated heterocycles. The number of carbonyl (C=O) groups is 3. The SMILES string of the molecule is C=CC1=CN2C(=O)C(NC(=O)C(=NOCC(=O)O)c3nc(N)sc3Cl)[C@@H]2SC1. The zero-order valence-electron chi connectivity index (χ0n) is 14.1. The molecule has 0 radical (unpaired) electrons. The van der Waals surface area contributed by atoms with Gasteiger partial charge in [0.2, 0.25) is 6.61 Å². The van der Waals surface area contributed by atoms with Gasteiger partial charge in [-0.2, -0.15) is 0 Å². The molecule has 2 amide bonds. The number of anilines is 1. The maximum absolute atomic E-state index is 12.7. The second-order valence-corrected chi connectivity index (χ2v) is 8.33. The highest BCUT2D eigenvalue weighted by Gasteiger charge is 2.49. The molecule has 0 aliphatic carbocycles. The Morgan fingerprint density at radius 1 is 1.61 bits per heavy atom. The smallest absolute Gasteiger partial charge is 0.344 e. The van der Waals surface area contributed by atoms with E-state index in [2.05, 4.69) is 26.9 Å². The van der Waals surface area contributed by atoms with Crippen LogP contribution in [0.5, 0.6) is 0 Å². The first-order chi connectivity index (χ1) is 13.3. The first-order valence-corrected chi connectivity index (χ1v) is 9.97. The number of fused-ring (bicyclic) bond motifs is 1. The van der Waals surface area contributed by atoms with Crippen LogP contribution in [0.25, 0.3) is 0 Å². The van der Waals surface area contributed by atoms with Crippen LogP contribution in [0.1, 0.15) is 5.69 Å². The molecule has 28 heavy (non-hydrogen) atoms. The Bertz CT molecular complexity index is 915. The first-order valence-electron chi connectivity index (χ1n) is 7.73. The summed E-state index contributed by atoms with van der Waals surface area (Å²) in [6.07, 6.45) is 3.36. The minimum absolute atomic E-state index is 0.0548. The number of halogens is 1. The molecular formula is C15H14ClN5O5S2. The number of allylic oxidation sites excluding steroid dienone is 1. The van der Waals surface area contributed by atoms with Gasteiger partial charge in [-0.05, 0) is 5.57 Å². The number of hydrogen-bond acceptors (Lipinski definition) is 9. The number of carboxylic acid groups (broad SMARTS) is 1. The molecule has 0 bridgehead atoms. The summed E-state index contributed by atoms with van der Waals surface area (Å²) in [5.41, 5.74) is 6.08. The molecule has 0 aromatic carbocycles. The van der Waals surface area contributed by atoms with Gasteiger partial charge in [0.05, 0.1) is 0 Å². The molecular weight excluding hydrogens is 430 g/mol. The number of hydrogen-bond donors (Lipinski definition) is 3. The fourth-order valence-electron chi connectivity index (χ4n) is 2.46. The van der Waals surface area contributed by atoms with Gasteiger partial charge in [-0.25, -0.2) is 9.78 Å². The maximum Gasteiger partial charge on any atom is 0.344 e. The number of β-lactam (4-membered cyclic amide) rings is 1. The van der Waals surface area contributed by atoms with E-state index in [9.17, 15) is 14.4 Å². The molecule has 4 N–H and O–H groups in total. The van der Waals surface area contributed by atoms with Crippen LogP contribution in [0.4, 0.5) is 5.13 Å². The lowest BCUT2D eigenvalue weighted by Crippen LogP contribution is -2.69. The number of nitrogens with two attached hydrogens (primary N) is 1. The van der Waals surface area contributed by atoms with E-state index in [0.717, 1.165) is 16.9 Å². The Labute approximate surface area is 172 Å². The number of rotatable bonds is 7. The van der Waals surface area contributed by atoms with Crippen molar-refractivity contribution in [3.63, 3.8) is 0 Å². The van der Waals surface area contributed by atoms with E-state index in [0.29, 0.717) is 5.75 Å². The summed E-state index contributed by atoms with van der Waals surface area (Å²) < 4.78 is 0.0810. The summed E-state index contributed by atoms with van der Waals surface area (Å²) >= 11 is 8.42. The molecule has 1 fully saturated rings. The highest BCUT2D eigenvalue weighted by atomic mass is 35.5. The van der Waals surface area contributed by atoms with Crippen molar-refractivity contribution in [2.24, 2.45) is 5.16 Å². The lowest BCUT2D eigenvalue weighted by atomic mass is 10.1. The van der Waals surface area contributed by atoms with Crippen molar-refractivity contribution in [2.75, 3.05) is 18.1 Å². The summed E-state index contributed by atoms with van der Waals surface area (Å²) in [7, 11) is 0. The molecule has 3 rings (SSSR count). The highest BCUT2D eigenvalue weighted by molar-refractivity contribution is 8.00. The molecule has 10 nitrogen and oxygen atoms in total. The third-order valence-electron chi connectivity index (χ3n) is 3.74. The number of aliphatic carboxylic acids is 1. The van der Waals surface area contributed by atoms with Gasteiger partial charge in [0, 0.05) is 12.0 Å². The van der Waals surface area contributed by atoms with Crippen molar-refractivity contribution in [1.82, 2.24) is 15.2 Å². The molecule has 3 heterocycles. The van der Waals surface area contributed by atoms with Crippen molar-refractivity contribution in [3.05, 3.63) is 34.5 Å². The number of carboxylic acids is 1. The number of aromatic nitrogens is 1. The van der Waals surface area contributed by atoms with Gasteiger partial charge in [-0.1, -0.05) is 40.7 Å². The molecule has 2 aliphatic rings. The second-order valence-electron chi connectivity index (χ2n) is 5.59. The molecule has 0 spiro atoms. The number of nitrogens with one attached hydrogen (secondary N) is 1. The molecule has 1 unspecified atom stereocenters. The lowest BCUT2D eigenvalue weighted by Gasteiger charge is -2.47. The standard InChI is InChI=1S/C15H14ClN5O5S2/c1-2-6-3-21-13(25)10(14(21)27-5-6)18-12(24)9(20-26-4-7(22)23)8-11(16)28-15(17)19-8/h2-3,10,14H,1,4-5H2,(H2,17,19)(H,18,24)(H,22,23)/t10?,14-/m0/s1. The summed E-state index contributed by atoms with van der Waals surface area (Å²) in [6, 6.07) is -0.778.